The summed E-state index contributed by atoms with van der Waals surface area (Å²) in [4.78, 5) is 3.86. The average Bonchev–Trinajstić information content (AvgIpc) is 2.19. The van der Waals surface area contributed by atoms with Crippen LogP contribution in [-0.2, 0) is 0 Å². The van der Waals surface area contributed by atoms with Gasteiger partial charge < -0.3 is 5.21 Å². The summed E-state index contributed by atoms with van der Waals surface area (Å²) in [5, 5.41) is 11.6. The maximum absolute atomic E-state index is 11.4. The van der Waals surface area contributed by atoms with Crippen molar-refractivity contribution in [2.24, 2.45) is 0 Å². The van der Waals surface area contributed by atoms with Gasteiger partial charge in [0, 0.05) is 5.56 Å². The van der Waals surface area contributed by atoms with Crippen molar-refractivity contribution in [3.05, 3.63) is 53.1 Å². The Bertz CT molecular complexity index is 445. The molecule has 0 N–H and O–H groups in total. The third-order valence-corrected chi connectivity index (χ3v) is 2.04. The highest BCUT2D eigenvalue weighted by atomic mass is 35.5. The zero-order valence-electron chi connectivity index (χ0n) is 7.22. The maximum atomic E-state index is 11.4. The van der Waals surface area contributed by atoms with Crippen LogP contribution < -0.4 is 4.73 Å². The standard InChI is InChI=1S/C10H7ClN2O/c11-10-7-13(14)9(6-12-10)8-4-2-1-3-5-8/h1-7H. The largest absolute Gasteiger partial charge is 0.618 e. The highest BCUT2D eigenvalue weighted by Crippen LogP contribution is 2.14. The zero-order valence-corrected chi connectivity index (χ0v) is 7.98. The molecule has 1 heterocycles. The number of hydrogen-bond donors (Lipinski definition) is 0. The number of rotatable bonds is 1. The highest BCUT2D eigenvalue weighted by Gasteiger charge is 2.08. The minimum absolute atomic E-state index is 0.194. The van der Waals surface area contributed by atoms with E-state index in [4.69, 9.17) is 11.6 Å². The van der Waals surface area contributed by atoms with Crippen LogP contribution in [0.2, 0.25) is 5.15 Å². The van der Waals surface area contributed by atoms with Crippen molar-refractivity contribution < 1.29 is 4.73 Å². The minimum atomic E-state index is 0.194. The van der Waals surface area contributed by atoms with Gasteiger partial charge in [-0.25, -0.2) is 4.98 Å². The van der Waals surface area contributed by atoms with Crippen molar-refractivity contribution in [3.8, 4) is 11.3 Å². The summed E-state index contributed by atoms with van der Waals surface area (Å²) >= 11 is 5.57. The van der Waals surface area contributed by atoms with Gasteiger partial charge in [-0.1, -0.05) is 29.8 Å². The third-order valence-electron chi connectivity index (χ3n) is 1.84. The maximum Gasteiger partial charge on any atom is 0.242 e. The summed E-state index contributed by atoms with van der Waals surface area (Å²) in [5.74, 6) is 0. The van der Waals surface area contributed by atoms with Crippen molar-refractivity contribution in [2.45, 2.75) is 0 Å². The molecule has 0 amide bonds. The zero-order chi connectivity index (χ0) is 9.97. The van der Waals surface area contributed by atoms with E-state index in [1.165, 1.54) is 12.4 Å². The van der Waals surface area contributed by atoms with Crippen molar-refractivity contribution in [1.29, 1.82) is 0 Å². The first-order valence-corrected chi connectivity index (χ1v) is 4.45. The van der Waals surface area contributed by atoms with Crippen LogP contribution in [-0.4, -0.2) is 4.98 Å². The number of nitrogens with zero attached hydrogens (tertiary/aromatic N) is 2. The molecule has 0 fully saturated rings. The van der Waals surface area contributed by atoms with E-state index in [1.807, 2.05) is 30.3 Å². The Balaban J connectivity index is 2.53. The summed E-state index contributed by atoms with van der Waals surface area (Å²) in [7, 11) is 0. The van der Waals surface area contributed by atoms with E-state index in [2.05, 4.69) is 4.98 Å². The van der Waals surface area contributed by atoms with Crippen LogP contribution in [0.25, 0.3) is 11.3 Å². The molecule has 0 bridgehead atoms. The summed E-state index contributed by atoms with van der Waals surface area (Å²) in [6, 6.07) is 9.31. The normalized spacial score (nSPS) is 10.1. The lowest BCUT2D eigenvalue weighted by molar-refractivity contribution is -0.594. The van der Waals surface area contributed by atoms with Gasteiger partial charge in [0.1, 0.15) is 6.20 Å². The third kappa shape index (κ3) is 1.67. The molecule has 14 heavy (non-hydrogen) atoms. The lowest BCUT2D eigenvalue weighted by Crippen LogP contribution is -2.28. The van der Waals surface area contributed by atoms with E-state index in [-0.39, 0.29) is 5.15 Å². The van der Waals surface area contributed by atoms with Crippen LogP contribution in [0.3, 0.4) is 0 Å². The molecule has 1 aromatic carbocycles. The van der Waals surface area contributed by atoms with Crippen molar-refractivity contribution >= 4 is 11.6 Å². The molecule has 0 aliphatic heterocycles. The fourth-order valence-electron chi connectivity index (χ4n) is 1.19. The number of benzene rings is 1. The second-order valence-electron chi connectivity index (χ2n) is 2.79. The first kappa shape index (κ1) is 8.97. The molecule has 0 aliphatic rings. The van der Waals surface area contributed by atoms with Crippen LogP contribution >= 0.6 is 11.6 Å². The van der Waals surface area contributed by atoms with Crippen molar-refractivity contribution in [3.63, 3.8) is 0 Å². The Morgan fingerprint density at radius 1 is 1.21 bits per heavy atom. The van der Waals surface area contributed by atoms with Gasteiger partial charge in [0.05, 0.1) is 0 Å². The number of aromatic nitrogens is 2. The second-order valence-corrected chi connectivity index (χ2v) is 3.17. The molecule has 1 aromatic heterocycles. The molecule has 3 nitrogen and oxygen atoms in total. The molecule has 0 atom stereocenters. The van der Waals surface area contributed by atoms with E-state index < -0.39 is 0 Å². The van der Waals surface area contributed by atoms with Crippen LogP contribution in [0, 0.1) is 5.21 Å². The summed E-state index contributed by atoms with van der Waals surface area (Å²) in [6.07, 6.45) is 2.70. The Kier molecular flexibility index (Phi) is 2.33. The van der Waals surface area contributed by atoms with Crippen LogP contribution in [0.4, 0.5) is 0 Å². The summed E-state index contributed by atoms with van der Waals surface area (Å²) < 4.78 is 0.713. The first-order chi connectivity index (χ1) is 6.77. The van der Waals surface area contributed by atoms with Gasteiger partial charge in [0.15, 0.2) is 5.15 Å². The smallest absolute Gasteiger partial charge is 0.242 e. The molecule has 0 aliphatic carbocycles. The number of hydrogen-bond acceptors (Lipinski definition) is 2. The van der Waals surface area contributed by atoms with Crippen LogP contribution in [0.1, 0.15) is 0 Å². The SMILES string of the molecule is [O-][n+]1cc(Cl)ncc1-c1ccccc1. The monoisotopic (exact) mass is 206 g/mol. The van der Waals surface area contributed by atoms with E-state index in [1.54, 1.807) is 0 Å². The van der Waals surface area contributed by atoms with Gasteiger partial charge >= 0.3 is 0 Å². The Morgan fingerprint density at radius 3 is 2.57 bits per heavy atom. The molecule has 4 heteroatoms. The average molecular weight is 207 g/mol. The summed E-state index contributed by atoms with van der Waals surface area (Å²) in [5.41, 5.74) is 1.32. The van der Waals surface area contributed by atoms with E-state index >= 15 is 0 Å². The molecule has 0 saturated carbocycles. The first-order valence-electron chi connectivity index (χ1n) is 4.07. The molecular formula is C10H7ClN2O. The van der Waals surface area contributed by atoms with E-state index in [0.717, 1.165) is 5.56 Å². The fraction of sp³-hybridized carbons (Fsp3) is 0. The topological polar surface area (TPSA) is 39.8 Å². The predicted octanol–water partition coefficient (Wildman–Crippen LogP) is 2.04. The van der Waals surface area contributed by atoms with Gasteiger partial charge in [-0.15, -0.1) is 0 Å². The van der Waals surface area contributed by atoms with Gasteiger partial charge in [0.2, 0.25) is 11.9 Å². The van der Waals surface area contributed by atoms with E-state index in [9.17, 15) is 5.21 Å². The Morgan fingerprint density at radius 2 is 1.93 bits per heavy atom. The minimum Gasteiger partial charge on any atom is -0.618 e. The fourth-order valence-corrected chi connectivity index (χ4v) is 1.33. The molecule has 70 valence electrons. The Labute approximate surface area is 86.2 Å². The van der Waals surface area contributed by atoms with Gasteiger partial charge in [-0.05, 0) is 12.1 Å². The molecule has 2 rings (SSSR count). The predicted molar refractivity (Wildman–Crippen MR) is 53.6 cm³/mol. The van der Waals surface area contributed by atoms with Crippen molar-refractivity contribution in [2.75, 3.05) is 0 Å². The molecule has 0 spiro atoms. The van der Waals surface area contributed by atoms with Gasteiger partial charge in [-0.2, -0.15) is 4.73 Å². The second kappa shape index (κ2) is 3.64. The molecular weight excluding hydrogens is 200 g/mol. The van der Waals surface area contributed by atoms with Crippen LogP contribution in [0.15, 0.2) is 42.7 Å². The molecule has 0 unspecified atom stereocenters. The molecule has 0 radical (unpaired) electrons. The Hall–Kier alpha value is -1.61. The quantitative estimate of drug-likeness (QED) is 0.529. The van der Waals surface area contributed by atoms with Gasteiger partial charge in [0.25, 0.3) is 0 Å². The van der Waals surface area contributed by atoms with Crippen LogP contribution in [0.5, 0.6) is 0 Å². The van der Waals surface area contributed by atoms with Crippen molar-refractivity contribution in [1.82, 2.24) is 4.98 Å². The van der Waals surface area contributed by atoms with E-state index in [0.29, 0.717) is 10.4 Å². The number of halogens is 1. The van der Waals surface area contributed by atoms with Gasteiger partial charge in [-0.3, -0.25) is 0 Å². The highest BCUT2D eigenvalue weighted by molar-refractivity contribution is 6.29. The summed E-state index contributed by atoms with van der Waals surface area (Å²) in [6.45, 7) is 0. The lowest BCUT2D eigenvalue weighted by atomic mass is 10.2. The lowest BCUT2D eigenvalue weighted by Gasteiger charge is -2.02. The molecule has 2 aromatic rings. The molecule has 0 saturated heterocycles.